The summed E-state index contributed by atoms with van der Waals surface area (Å²) in [5.41, 5.74) is 4.52. The molecule has 1 aliphatic heterocycles. The molecular formula is C19H15FIrN-. The first-order valence-corrected chi connectivity index (χ1v) is 7.09. The predicted molar refractivity (Wildman–Crippen MR) is 80.0 cm³/mol. The van der Waals surface area contributed by atoms with Gasteiger partial charge in [-0.15, -0.1) is 12.1 Å². The van der Waals surface area contributed by atoms with Gasteiger partial charge in [-0.05, 0) is 23.3 Å². The standard InChI is InChI=1S/C19H15FN.Ir/c1-12-9-10-14-18-13(12)6-5-11-21(18)16-8-4-7-15(20)17(16)19(14,2)3;/h4-7,9-10H,1-3H3;/q-1;. The van der Waals surface area contributed by atoms with E-state index in [4.69, 9.17) is 0 Å². The Morgan fingerprint density at radius 3 is 2.64 bits per heavy atom. The fraction of sp³-hybridized carbons (Fsp3) is 0.211. The van der Waals surface area contributed by atoms with Crippen LogP contribution in [0, 0.1) is 25.0 Å². The van der Waals surface area contributed by atoms with E-state index in [2.05, 4.69) is 51.2 Å². The number of hydrogen-bond acceptors (Lipinski definition) is 0. The van der Waals surface area contributed by atoms with Crippen molar-refractivity contribution in [2.75, 3.05) is 0 Å². The van der Waals surface area contributed by atoms with E-state index in [-0.39, 0.29) is 25.9 Å². The van der Waals surface area contributed by atoms with Crippen molar-refractivity contribution in [2.45, 2.75) is 26.2 Å². The monoisotopic (exact) mass is 469 g/mol. The van der Waals surface area contributed by atoms with Crippen molar-refractivity contribution in [2.24, 2.45) is 0 Å². The van der Waals surface area contributed by atoms with Crippen LogP contribution in [-0.4, -0.2) is 0 Å². The second kappa shape index (κ2) is 4.97. The van der Waals surface area contributed by atoms with Crippen molar-refractivity contribution < 1.29 is 29.1 Å². The molecule has 1 aromatic heterocycles. The van der Waals surface area contributed by atoms with Crippen LogP contribution in [-0.2, 0) is 25.5 Å². The second-order valence-electron chi connectivity index (χ2n) is 6.16. The van der Waals surface area contributed by atoms with E-state index in [1.54, 1.807) is 6.07 Å². The van der Waals surface area contributed by atoms with Gasteiger partial charge in [0, 0.05) is 31.6 Å². The van der Waals surface area contributed by atoms with Crippen molar-refractivity contribution in [3.05, 3.63) is 71.2 Å². The molecule has 0 bridgehead atoms. The fourth-order valence-corrected chi connectivity index (χ4v) is 3.47. The van der Waals surface area contributed by atoms with Gasteiger partial charge in [0.15, 0.2) is 6.20 Å². The maximum Gasteiger partial charge on any atom is 0.150 e. The molecule has 1 radical (unpaired) electrons. The van der Waals surface area contributed by atoms with Crippen molar-refractivity contribution in [3.63, 3.8) is 0 Å². The van der Waals surface area contributed by atoms with Crippen molar-refractivity contribution >= 4 is 10.9 Å². The van der Waals surface area contributed by atoms with E-state index in [1.165, 1.54) is 17.0 Å². The summed E-state index contributed by atoms with van der Waals surface area (Å²) in [5.74, 6) is -0.183. The van der Waals surface area contributed by atoms with E-state index < -0.39 is 5.41 Å². The fourth-order valence-electron chi connectivity index (χ4n) is 3.47. The molecule has 113 valence electrons. The first-order chi connectivity index (χ1) is 10.0. The quantitative estimate of drug-likeness (QED) is 0.349. The first kappa shape index (κ1) is 15.3. The topological polar surface area (TPSA) is 3.88 Å². The minimum atomic E-state index is -0.391. The summed E-state index contributed by atoms with van der Waals surface area (Å²) < 4.78 is 16.4. The predicted octanol–water partition coefficient (Wildman–Crippen LogP) is 3.80. The summed E-state index contributed by atoms with van der Waals surface area (Å²) in [4.78, 5) is 0. The number of nitrogens with zero attached hydrogens (tertiary/aromatic N) is 1. The Bertz CT molecular complexity index is 899. The van der Waals surface area contributed by atoms with Crippen LogP contribution < -0.4 is 4.57 Å². The SMILES string of the molecule is Cc1ccc2c3c1cc[c-][n+]3-c1[c-]ccc(F)c1C2(C)C.[Ir]. The molecule has 3 aromatic rings. The molecule has 0 saturated carbocycles. The summed E-state index contributed by atoms with van der Waals surface area (Å²) in [6.07, 6.45) is 3.22. The van der Waals surface area contributed by atoms with Gasteiger partial charge >= 0.3 is 0 Å². The summed E-state index contributed by atoms with van der Waals surface area (Å²) in [7, 11) is 0. The van der Waals surface area contributed by atoms with Gasteiger partial charge in [0.2, 0.25) is 0 Å². The molecule has 0 spiro atoms. The van der Waals surface area contributed by atoms with Gasteiger partial charge in [-0.1, -0.05) is 43.2 Å². The molecular weight excluding hydrogens is 453 g/mol. The van der Waals surface area contributed by atoms with Crippen LogP contribution in [0.2, 0.25) is 0 Å². The third-order valence-electron chi connectivity index (χ3n) is 4.56. The van der Waals surface area contributed by atoms with Crippen LogP contribution >= 0.6 is 0 Å². The maximum absolute atomic E-state index is 14.5. The third kappa shape index (κ3) is 1.82. The average molecular weight is 469 g/mol. The molecule has 0 N–H and O–H groups in total. The zero-order chi connectivity index (χ0) is 14.8. The molecule has 2 aromatic carbocycles. The Morgan fingerprint density at radius 1 is 1.09 bits per heavy atom. The average Bonchev–Trinajstić information content (AvgIpc) is 2.45. The van der Waals surface area contributed by atoms with E-state index in [1.807, 2.05) is 10.6 Å². The maximum atomic E-state index is 14.5. The van der Waals surface area contributed by atoms with Crippen LogP contribution in [0.5, 0.6) is 0 Å². The normalized spacial score (nSPS) is 14.4. The Kier molecular flexibility index (Phi) is 3.46. The zero-order valence-electron chi connectivity index (χ0n) is 12.6. The van der Waals surface area contributed by atoms with Gasteiger partial charge in [0.25, 0.3) is 0 Å². The minimum Gasteiger partial charge on any atom is -0.300 e. The number of rotatable bonds is 0. The Balaban J connectivity index is 0.00000144. The number of halogens is 1. The molecule has 2 heterocycles. The smallest absolute Gasteiger partial charge is 0.150 e. The molecule has 0 saturated heterocycles. The summed E-state index contributed by atoms with van der Waals surface area (Å²) in [6.45, 7) is 6.24. The van der Waals surface area contributed by atoms with E-state index in [0.29, 0.717) is 5.56 Å². The van der Waals surface area contributed by atoms with E-state index in [9.17, 15) is 4.39 Å². The third-order valence-corrected chi connectivity index (χ3v) is 4.56. The van der Waals surface area contributed by atoms with Gasteiger partial charge < -0.3 is 0 Å². The molecule has 0 aliphatic carbocycles. The molecule has 0 fully saturated rings. The summed E-state index contributed by atoms with van der Waals surface area (Å²) in [6, 6.07) is 14.5. The Hall–Kier alpha value is -1.57. The van der Waals surface area contributed by atoms with E-state index >= 15 is 0 Å². The molecule has 1 nitrogen and oxygen atoms in total. The Morgan fingerprint density at radius 2 is 1.86 bits per heavy atom. The van der Waals surface area contributed by atoms with Gasteiger partial charge in [0.05, 0.1) is 0 Å². The number of aryl methyl sites for hydroxylation is 1. The number of aromatic nitrogens is 1. The van der Waals surface area contributed by atoms with Crippen LogP contribution in [0.3, 0.4) is 0 Å². The molecule has 22 heavy (non-hydrogen) atoms. The van der Waals surface area contributed by atoms with Crippen LogP contribution in [0.25, 0.3) is 16.6 Å². The van der Waals surface area contributed by atoms with Gasteiger partial charge in [-0.3, -0.25) is 4.57 Å². The molecule has 0 unspecified atom stereocenters. The minimum absolute atomic E-state index is 0. The molecule has 4 rings (SSSR count). The molecule has 0 amide bonds. The summed E-state index contributed by atoms with van der Waals surface area (Å²) >= 11 is 0. The molecule has 3 heteroatoms. The summed E-state index contributed by atoms with van der Waals surface area (Å²) in [5, 5.41) is 1.18. The Labute approximate surface area is 143 Å². The van der Waals surface area contributed by atoms with Crippen molar-refractivity contribution in [3.8, 4) is 5.69 Å². The van der Waals surface area contributed by atoms with Crippen LogP contribution in [0.15, 0.2) is 36.4 Å². The largest absolute Gasteiger partial charge is 0.300 e. The van der Waals surface area contributed by atoms with Crippen molar-refractivity contribution in [1.82, 2.24) is 0 Å². The van der Waals surface area contributed by atoms with Crippen molar-refractivity contribution in [1.29, 1.82) is 0 Å². The van der Waals surface area contributed by atoms with Gasteiger partial charge in [-0.25, -0.2) is 4.39 Å². The molecule has 1 aliphatic rings. The van der Waals surface area contributed by atoms with Gasteiger partial charge in [0.1, 0.15) is 5.52 Å². The number of hydrogen-bond donors (Lipinski definition) is 0. The molecule has 0 atom stereocenters. The van der Waals surface area contributed by atoms with Crippen LogP contribution in [0.4, 0.5) is 4.39 Å². The number of fused-ring (bicyclic) bond motifs is 2. The second-order valence-corrected chi connectivity index (χ2v) is 6.16. The van der Waals surface area contributed by atoms with Crippen LogP contribution in [0.1, 0.15) is 30.5 Å². The van der Waals surface area contributed by atoms with E-state index in [0.717, 1.165) is 16.8 Å². The number of benzene rings is 2. The number of pyridine rings is 1. The van der Waals surface area contributed by atoms with Gasteiger partial charge in [-0.2, -0.15) is 12.1 Å². The first-order valence-electron chi connectivity index (χ1n) is 7.09. The zero-order valence-corrected chi connectivity index (χ0v) is 15.0.